The molecule has 0 aliphatic carbocycles. The normalized spacial score (nSPS) is 12.2. The molecule has 19 heavy (non-hydrogen) atoms. The van der Waals surface area contributed by atoms with Crippen LogP contribution in [0.1, 0.15) is 36.6 Å². The minimum atomic E-state index is -1.02. The van der Waals surface area contributed by atoms with Gasteiger partial charge in [0, 0.05) is 6.04 Å². The molecule has 0 radical (unpaired) electrons. The maximum absolute atomic E-state index is 12.3. The monoisotopic (exact) mass is 285 g/mol. The van der Waals surface area contributed by atoms with E-state index in [-0.39, 0.29) is 24.3 Å². The number of carboxylic acids is 1. The first-order valence-electron chi connectivity index (χ1n) is 6.10. The second-order valence-electron chi connectivity index (χ2n) is 4.28. The molecular weight excluding hydrogens is 266 g/mol. The lowest BCUT2D eigenvalue weighted by molar-refractivity contribution is -0.138. The van der Waals surface area contributed by atoms with Gasteiger partial charge in [-0.3, -0.25) is 9.59 Å². The minimum Gasteiger partial charge on any atom is -0.480 e. The van der Waals surface area contributed by atoms with Crippen molar-refractivity contribution in [1.82, 2.24) is 4.90 Å². The molecule has 0 aliphatic heterocycles. The lowest BCUT2D eigenvalue weighted by atomic mass is 10.2. The molecule has 6 heteroatoms. The molecule has 1 N–H and O–H groups in total. The first-order chi connectivity index (χ1) is 8.99. The van der Waals surface area contributed by atoms with Gasteiger partial charge in [0.1, 0.15) is 12.3 Å². The molecule has 1 unspecified atom stereocenters. The summed E-state index contributed by atoms with van der Waals surface area (Å²) in [6, 6.07) is 3.21. The van der Waals surface area contributed by atoms with Crippen molar-refractivity contribution in [1.29, 1.82) is 0 Å². The highest BCUT2D eigenvalue weighted by atomic mass is 32.2. The second-order valence-corrected chi connectivity index (χ2v) is 5.15. The Morgan fingerprint density at radius 2 is 2.16 bits per heavy atom. The second kappa shape index (κ2) is 7.23. The van der Waals surface area contributed by atoms with E-state index >= 15 is 0 Å². The number of aliphatic carboxylic acids is 1. The number of furan rings is 1. The van der Waals surface area contributed by atoms with Gasteiger partial charge >= 0.3 is 5.97 Å². The molecular formula is C13H19NO4S. The Kier molecular flexibility index (Phi) is 5.95. The predicted molar refractivity (Wildman–Crippen MR) is 74.4 cm³/mol. The van der Waals surface area contributed by atoms with Gasteiger partial charge in [-0.25, -0.2) is 0 Å². The van der Waals surface area contributed by atoms with Crippen LogP contribution in [-0.2, 0) is 10.5 Å². The van der Waals surface area contributed by atoms with Crippen LogP contribution in [0.4, 0.5) is 0 Å². The average molecular weight is 285 g/mol. The highest BCUT2D eigenvalue weighted by Crippen LogP contribution is 2.17. The van der Waals surface area contributed by atoms with Crippen molar-refractivity contribution in [2.45, 2.75) is 32.1 Å². The topological polar surface area (TPSA) is 70.8 Å². The number of nitrogens with zero attached hydrogens (tertiary/aromatic N) is 1. The Balaban J connectivity index is 2.87. The van der Waals surface area contributed by atoms with Crippen molar-refractivity contribution >= 4 is 23.6 Å². The van der Waals surface area contributed by atoms with Gasteiger partial charge in [-0.1, -0.05) is 6.92 Å². The zero-order valence-corrected chi connectivity index (χ0v) is 12.2. The summed E-state index contributed by atoms with van der Waals surface area (Å²) in [5, 5.41) is 8.89. The molecule has 0 bridgehead atoms. The Morgan fingerprint density at radius 1 is 1.47 bits per heavy atom. The van der Waals surface area contributed by atoms with Gasteiger partial charge in [0.05, 0.1) is 5.75 Å². The van der Waals surface area contributed by atoms with Crippen LogP contribution in [0.25, 0.3) is 0 Å². The van der Waals surface area contributed by atoms with Gasteiger partial charge in [-0.15, -0.1) is 0 Å². The number of rotatable bonds is 7. The van der Waals surface area contributed by atoms with E-state index in [1.54, 1.807) is 23.9 Å². The van der Waals surface area contributed by atoms with Gasteiger partial charge in [-0.2, -0.15) is 11.8 Å². The lowest BCUT2D eigenvalue weighted by Crippen LogP contribution is -2.41. The fraction of sp³-hybridized carbons (Fsp3) is 0.538. The predicted octanol–water partition coefficient (Wildman–Crippen LogP) is 2.47. The van der Waals surface area contributed by atoms with Crippen molar-refractivity contribution in [3.8, 4) is 0 Å². The highest BCUT2D eigenvalue weighted by Gasteiger charge is 2.25. The van der Waals surface area contributed by atoms with E-state index in [2.05, 4.69) is 0 Å². The van der Waals surface area contributed by atoms with Crippen LogP contribution >= 0.6 is 11.8 Å². The van der Waals surface area contributed by atoms with Gasteiger partial charge < -0.3 is 14.4 Å². The first-order valence-corrected chi connectivity index (χ1v) is 7.49. The van der Waals surface area contributed by atoms with E-state index in [1.165, 1.54) is 4.90 Å². The Bertz CT molecular complexity index is 444. The number of hydrogen-bond acceptors (Lipinski definition) is 4. The largest absolute Gasteiger partial charge is 0.480 e. The summed E-state index contributed by atoms with van der Waals surface area (Å²) in [6.07, 6.45) is 2.64. The van der Waals surface area contributed by atoms with Crippen molar-refractivity contribution < 1.29 is 19.1 Å². The molecule has 106 valence electrons. The van der Waals surface area contributed by atoms with Crippen LogP contribution in [-0.4, -0.2) is 40.7 Å². The summed E-state index contributed by atoms with van der Waals surface area (Å²) in [5.41, 5.74) is 0. The molecule has 0 saturated carbocycles. The van der Waals surface area contributed by atoms with Crippen LogP contribution < -0.4 is 0 Å². The SMILES string of the molecule is CCC(C)N(CC(=O)O)C(=O)c1ccc(CSC)o1. The molecule has 0 spiro atoms. The van der Waals surface area contributed by atoms with Crippen LogP contribution in [0.2, 0.25) is 0 Å². The maximum Gasteiger partial charge on any atom is 0.323 e. The molecule has 1 aromatic rings. The molecule has 0 aliphatic rings. The molecule has 1 amide bonds. The Morgan fingerprint density at radius 3 is 2.68 bits per heavy atom. The molecule has 1 heterocycles. The highest BCUT2D eigenvalue weighted by molar-refractivity contribution is 7.97. The summed E-state index contributed by atoms with van der Waals surface area (Å²) in [5.74, 6) is 0.213. The van der Waals surface area contributed by atoms with E-state index in [1.807, 2.05) is 20.1 Å². The number of amides is 1. The van der Waals surface area contributed by atoms with Gasteiger partial charge in [-0.05, 0) is 31.7 Å². The molecule has 5 nitrogen and oxygen atoms in total. The van der Waals surface area contributed by atoms with Gasteiger partial charge in [0.2, 0.25) is 0 Å². The van der Waals surface area contributed by atoms with Crippen molar-refractivity contribution in [3.63, 3.8) is 0 Å². The summed E-state index contributed by atoms with van der Waals surface area (Å²) >= 11 is 1.60. The Hall–Kier alpha value is -1.43. The van der Waals surface area contributed by atoms with Gasteiger partial charge in [0.15, 0.2) is 5.76 Å². The molecule has 0 fully saturated rings. The number of carboxylic acid groups (broad SMARTS) is 1. The van der Waals surface area contributed by atoms with E-state index in [9.17, 15) is 9.59 Å². The number of carbonyl (C=O) groups is 2. The summed E-state index contributed by atoms with van der Waals surface area (Å²) < 4.78 is 5.44. The molecule has 1 rings (SSSR count). The Labute approximate surface area is 117 Å². The fourth-order valence-electron chi connectivity index (χ4n) is 1.65. The number of carbonyl (C=O) groups excluding carboxylic acids is 1. The first kappa shape index (κ1) is 15.6. The standard InChI is InChI=1S/C13H19NO4S/c1-4-9(2)14(7-12(15)16)13(17)11-6-5-10(18-11)8-19-3/h5-6,9H,4,7-8H2,1-3H3,(H,15,16). The van der Waals surface area contributed by atoms with Gasteiger partial charge in [0.25, 0.3) is 5.91 Å². The molecule has 1 atom stereocenters. The van der Waals surface area contributed by atoms with Crippen LogP contribution in [0, 0.1) is 0 Å². The third-order valence-corrected chi connectivity index (χ3v) is 3.42. The van der Waals surface area contributed by atoms with Crippen molar-refractivity contribution in [3.05, 3.63) is 23.7 Å². The van der Waals surface area contributed by atoms with Crippen LogP contribution in [0.5, 0.6) is 0 Å². The van der Waals surface area contributed by atoms with Crippen molar-refractivity contribution in [2.24, 2.45) is 0 Å². The summed E-state index contributed by atoms with van der Waals surface area (Å²) in [4.78, 5) is 24.4. The van der Waals surface area contributed by atoms with E-state index in [0.29, 0.717) is 12.2 Å². The zero-order chi connectivity index (χ0) is 14.4. The van der Waals surface area contributed by atoms with E-state index < -0.39 is 5.97 Å². The van der Waals surface area contributed by atoms with Crippen molar-refractivity contribution in [2.75, 3.05) is 12.8 Å². The maximum atomic E-state index is 12.3. The average Bonchev–Trinajstić information content (AvgIpc) is 2.83. The minimum absolute atomic E-state index is 0.141. The summed E-state index contributed by atoms with van der Waals surface area (Å²) in [6.45, 7) is 3.42. The summed E-state index contributed by atoms with van der Waals surface area (Å²) in [7, 11) is 0. The third kappa shape index (κ3) is 4.31. The fourth-order valence-corrected chi connectivity index (χ4v) is 2.09. The van der Waals surface area contributed by atoms with Crippen LogP contribution in [0.15, 0.2) is 16.5 Å². The third-order valence-electron chi connectivity index (χ3n) is 2.85. The number of thioether (sulfide) groups is 1. The number of hydrogen-bond donors (Lipinski definition) is 1. The smallest absolute Gasteiger partial charge is 0.323 e. The zero-order valence-electron chi connectivity index (χ0n) is 11.4. The lowest BCUT2D eigenvalue weighted by Gasteiger charge is -2.25. The van der Waals surface area contributed by atoms with E-state index in [0.717, 1.165) is 5.76 Å². The quantitative estimate of drug-likeness (QED) is 0.833. The molecule has 0 aromatic carbocycles. The molecule has 0 saturated heterocycles. The molecule has 1 aromatic heterocycles. The van der Waals surface area contributed by atoms with E-state index in [4.69, 9.17) is 9.52 Å². The van der Waals surface area contributed by atoms with Crippen LogP contribution in [0.3, 0.4) is 0 Å².